The summed E-state index contributed by atoms with van der Waals surface area (Å²) in [6.45, 7) is 11.0. The van der Waals surface area contributed by atoms with Crippen molar-refractivity contribution in [1.82, 2.24) is 10.6 Å². The van der Waals surface area contributed by atoms with Gasteiger partial charge in [-0.25, -0.2) is 0 Å². The molecule has 4 nitrogen and oxygen atoms in total. The third-order valence-corrected chi connectivity index (χ3v) is 3.26. The minimum atomic E-state index is 0.0198. The van der Waals surface area contributed by atoms with Crippen LogP contribution in [0.5, 0.6) is 5.75 Å². The molecular weight excluding hydrogens is 262 g/mol. The Bertz CT molecular complexity index is 503. The van der Waals surface area contributed by atoms with Crippen LogP contribution in [-0.2, 0) is 12.8 Å². The summed E-state index contributed by atoms with van der Waals surface area (Å²) in [4.78, 5) is 4.65. The molecule has 1 aliphatic heterocycles. The lowest BCUT2D eigenvalue weighted by atomic mass is 10.1. The summed E-state index contributed by atoms with van der Waals surface area (Å²) in [7, 11) is 0. The number of fused-ring (bicyclic) bond motifs is 1. The van der Waals surface area contributed by atoms with Crippen molar-refractivity contribution >= 4 is 5.96 Å². The van der Waals surface area contributed by atoms with E-state index < -0.39 is 0 Å². The van der Waals surface area contributed by atoms with Crippen LogP contribution in [0.3, 0.4) is 0 Å². The zero-order valence-electron chi connectivity index (χ0n) is 13.6. The van der Waals surface area contributed by atoms with Gasteiger partial charge in [-0.1, -0.05) is 12.1 Å². The van der Waals surface area contributed by atoms with Gasteiger partial charge in [0.25, 0.3) is 0 Å². The zero-order chi connectivity index (χ0) is 15.3. The fourth-order valence-corrected chi connectivity index (χ4v) is 2.35. The molecule has 0 fully saturated rings. The van der Waals surface area contributed by atoms with Crippen molar-refractivity contribution in [3.8, 4) is 5.75 Å². The normalized spacial score (nSPS) is 14.6. The van der Waals surface area contributed by atoms with Gasteiger partial charge < -0.3 is 15.4 Å². The van der Waals surface area contributed by atoms with Crippen LogP contribution in [0.2, 0.25) is 0 Å². The number of hydrogen-bond donors (Lipinski definition) is 2. The first-order valence-corrected chi connectivity index (χ1v) is 7.79. The Balaban J connectivity index is 1.92. The van der Waals surface area contributed by atoms with Gasteiger partial charge in [0.05, 0.1) is 6.61 Å². The van der Waals surface area contributed by atoms with Crippen LogP contribution >= 0.6 is 0 Å². The monoisotopic (exact) mass is 289 g/mol. The summed E-state index contributed by atoms with van der Waals surface area (Å²) in [5.74, 6) is 1.93. The third-order valence-electron chi connectivity index (χ3n) is 3.26. The van der Waals surface area contributed by atoms with E-state index in [9.17, 15) is 0 Å². The molecule has 0 aliphatic carbocycles. The van der Waals surface area contributed by atoms with E-state index in [1.54, 1.807) is 0 Å². The molecule has 0 spiro atoms. The van der Waals surface area contributed by atoms with Crippen LogP contribution < -0.4 is 15.4 Å². The van der Waals surface area contributed by atoms with E-state index in [-0.39, 0.29) is 5.54 Å². The number of rotatable bonds is 4. The smallest absolute Gasteiger partial charge is 0.191 e. The Morgan fingerprint density at radius 1 is 1.33 bits per heavy atom. The van der Waals surface area contributed by atoms with Gasteiger partial charge in [-0.3, -0.25) is 4.99 Å². The quantitative estimate of drug-likeness (QED) is 0.661. The van der Waals surface area contributed by atoms with Gasteiger partial charge >= 0.3 is 0 Å². The maximum atomic E-state index is 5.54. The lowest BCUT2D eigenvalue weighted by molar-refractivity contribution is 0.357. The highest BCUT2D eigenvalue weighted by Crippen LogP contribution is 2.25. The van der Waals surface area contributed by atoms with E-state index >= 15 is 0 Å². The van der Waals surface area contributed by atoms with Crippen molar-refractivity contribution in [2.24, 2.45) is 4.99 Å². The van der Waals surface area contributed by atoms with Crippen molar-refractivity contribution in [1.29, 1.82) is 0 Å². The van der Waals surface area contributed by atoms with E-state index in [0.717, 1.165) is 44.2 Å². The lowest BCUT2D eigenvalue weighted by Gasteiger charge is -2.23. The minimum absolute atomic E-state index is 0.0198. The van der Waals surface area contributed by atoms with Crippen LogP contribution in [0.4, 0.5) is 0 Å². The molecule has 0 unspecified atom stereocenters. The van der Waals surface area contributed by atoms with Crippen molar-refractivity contribution < 1.29 is 4.74 Å². The first-order valence-electron chi connectivity index (χ1n) is 7.79. The Morgan fingerprint density at radius 2 is 2.14 bits per heavy atom. The average Bonchev–Trinajstić information content (AvgIpc) is 2.84. The summed E-state index contributed by atoms with van der Waals surface area (Å²) >= 11 is 0. The largest absolute Gasteiger partial charge is 0.493 e. The van der Waals surface area contributed by atoms with Gasteiger partial charge in [-0.05, 0) is 51.3 Å². The van der Waals surface area contributed by atoms with Crippen LogP contribution in [0.15, 0.2) is 23.2 Å². The maximum absolute atomic E-state index is 5.54. The molecule has 1 heterocycles. The SMILES string of the molecule is CCNC(=NCCc1ccc2c(c1)CCO2)NC(C)(C)C. The summed E-state index contributed by atoms with van der Waals surface area (Å²) < 4.78 is 5.54. The molecule has 116 valence electrons. The summed E-state index contributed by atoms with van der Waals surface area (Å²) in [6.07, 6.45) is 1.98. The number of ether oxygens (including phenoxy) is 1. The molecule has 0 amide bonds. The number of aliphatic imine (C=N–C) groups is 1. The highest BCUT2D eigenvalue weighted by atomic mass is 16.5. The average molecular weight is 289 g/mol. The third kappa shape index (κ3) is 4.96. The van der Waals surface area contributed by atoms with Gasteiger partial charge in [0, 0.05) is 25.0 Å². The second-order valence-corrected chi connectivity index (χ2v) is 6.43. The van der Waals surface area contributed by atoms with Gasteiger partial charge in [-0.2, -0.15) is 0 Å². The fraction of sp³-hybridized carbons (Fsp3) is 0.588. The Hall–Kier alpha value is -1.71. The van der Waals surface area contributed by atoms with Crippen molar-refractivity contribution in [3.63, 3.8) is 0 Å². The molecule has 1 aromatic rings. The topological polar surface area (TPSA) is 45.7 Å². The molecule has 0 atom stereocenters. The van der Waals surface area contributed by atoms with E-state index in [0.29, 0.717) is 0 Å². The van der Waals surface area contributed by atoms with Gasteiger partial charge in [0.2, 0.25) is 0 Å². The molecule has 2 rings (SSSR count). The van der Waals surface area contributed by atoms with Crippen molar-refractivity contribution in [2.75, 3.05) is 19.7 Å². The summed E-state index contributed by atoms with van der Waals surface area (Å²) in [5.41, 5.74) is 2.68. The van der Waals surface area contributed by atoms with Crippen LogP contribution in [0, 0.1) is 0 Å². The highest BCUT2D eigenvalue weighted by molar-refractivity contribution is 5.80. The Morgan fingerprint density at radius 3 is 2.86 bits per heavy atom. The molecule has 2 N–H and O–H groups in total. The van der Waals surface area contributed by atoms with Gasteiger partial charge in [0.15, 0.2) is 5.96 Å². The van der Waals surface area contributed by atoms with E-state index in [4.69, 9.17) is 4.74 Å². The van der Waals surface area contributed by atoms with E-state index in [2.05, 4.69) is 61.5 Å². The number of hydrogen-bond acceptors (Lipinski definition) is 2. The number of benzene rings is 1. The fourth-order valence-electron chi connectivity index (χ4n) is 2.35. The maximum Gasteiger partial charge on any atom is 0.191 e. The van der Waals surface area contributed by atoms with Crippen molar-refractivity contribution in [2.45, 2.75) is 46.1 Å². The summed E-state index contributed by atoms with van der Waals surface area (Å²) in [5, 5.41) is 6.69. The minimum Gasteiger partial charge on any atom is -0.493 e. The molecular formula is C17H27N3O. The van der Waals surface area contributed by atoms with Gasteiger partial charge in [-0.15, -0.1) is 0 Å². The predicted molar refractivity (Wildman–Crippen MR) is 88.2 cm³/mol. The van der Waals surface area contributed by atoms with Crippen molar-refractivity contribution in [3.05, 3.63) is 29.3 Å². The Labute approximate surface area is 128 Å². The summed E-state index contributed by atoms with van der Waals surface area (Å²) in [6, 6.07) is 6.48. The first kappa shape index (κ1) is 15.7. The molecule has 4 heteroatoms. The number of guanidine groups is 1. The van der Waals surface area contributed by atoms with Crippen LogP contribution in [0.1, 0.15) is 38.8 Å². The molecule has 0 saturated heterocycles. The molecule has 1 aliphatic rings. The van der Waals surface area contributed by atoms with E-state index in [1.165, 1.54) is 11.1 Å². The van der Waals surface area contributed by atoms with E-state index in [1.807, 2.05) is 0 Å². The molecule has 1 aromatic carbocycles. The highest BCUT2D eigenvalue weighted by Gasteiger charge is 2.13. The zero-order valence-corrected chi connectivity index (χ0v) is 13.6. The molecule has 0 radical (unpaired) electrons. The molecule has 21 heavy (non-hydrogen) atoms. The van der Waals surface area contributed by atoms with Crippen LogP contribution in [0.25, 0.3) is 0 Å². The molecule has 0 aromatic heterocycles. The molecule has 0 bridgehead atoms. The Kier molecular flexibility index (Phi) is 5.10. The first-order chi connectivity index (χ1) is 9.98. The lowest BCUT2D eigenvalue weighted by Crippen LogP contribution is -2.47. The number of nitrogens with zero attached hydrogens (tertiary/aromatic N) is 1. The second kappa shape index (κ2) is 6.83. The molecule has 0 saturated carbocycles. The predicted octanol–water partition coefficient (Wildman–Crippen LogP) is 2.52. The standard InChI is InChI=1S/C17H27N3O/c1-5-18-16(20-17(2,3)4)19-10-8-13-6-7-15-14(12-13)9-11-21-15/h6-7,12H,5,8-11H2,1-4H3,(H2,18,19,20). The number of nitrogens with one attached hydrogen (secondary N) is 2. The second-order valence-electron chi connectivity index (χ2n) is 6.43. The van der Waals surface area contributed by atoms with Crippen LogP contribution in [-0.4, -0.2) is 31.2 Å². The van der Waals surface area contributed by atoms with Gasteiger partial charge in [0.1, 0.15) is 5.75 Å².